The van der Waals surface area contributed by atoms with Crippen molar-refractivity contribution in [1.29, 1.82) is 0 Å². The van der Waals surface area contributed by atoms with Gasteiger partial charge in [-0.2, -0.15) is 0 Å². The second-order valence-electron chi connectivity index (χ2n) is 0. The summed E-state index contributed by atoms with van der Waals surface area (Å²) in [7, 11) is 4.11. The van der Waals surface area contributed by atoms with Crippen molar-refractivity contribution in [3.05, 3.63) is 0 Å². The third kappa shape index (κ3) is 9.24. The van der Waals surface area contributed by atoms with E-state index in [2.05, 4.69) is 10.5 Å². The van der Waals surface area contributed by atoms with E-state index in [-0.39, 0.29) is 33.6 Å². The first-order chi connectivity index (χ1) is 1.00. The van der Waals surface area contributed by atoms with Crippen LogP contribution < -0.4 is 0 Å². The van der Waals surface area contributed by atoms with Gasteiger partial charge in [-0.05, 0) is 0 Å². The number of rotatable bonds is 0. The maximum absolute atomic E-state index is 4.11. The summed E-state index contributed by atoms with van der Waals surface area (Å²) in [5, 5.41) is 0. The summed E-state index contributed by atoms with van der Waals surface area (Å²) in [6.45, 7) is 0. The van der Waals surface area contributed by atoms with Crippen LogP contribution in [0.4, 0.5) is 0 Å². The Bertz CT molecular complexity index is 8.00. The molecule has 0 aliphatic heterocycles. The molecule has 0 atom stereocenters. The summed E-state index contributed by atoms with van der Waals surface area (Å²) in [6, 6.07) is 0. The van der Waals surface area contributed by atoms with E-state index >= 15 is 0 Å². The zero-order chi connectivity index (χ0) is 2.00. The quantitative estimate of drug-likeness (QED) is 0.466. The molecular formula is HAlFeNiS. The number of hydrogen-bond donors (Lipinski definition) is 0. The molecule has 0 heterocycles. The molecule has 0 nitrogen and oxygen atoms in total. The van der Waals surface area contributed by atoms with Gasteiger partial charge in [0.2, 0.25) is 0 Å². The van der Waals surface area contributed by atoms with Crippen LogP contribution in [0.2, 0.25) is 0 Å². The van der Waals surface area contributed by atoms with Crippen molar-refractivity contribution in [1.82, 2.24) is 0 Å². The third-order valence-corrected chi connectivity index (χ3v) is 0. The van der Waals surface area contributed by atoms with Crippen LogP contribution in [0.15, 0.2) is 0 Å². The molecule has 0 saturated heterocycles. The SMILES string of the molecule is [AlH]=[S].[Fe].[Ni]. The van der Waals surface area contributed by atoms with Gasteiger partial charge in [-0.1, -0.05) is 0 Å². The summed E-state index contributed by atoms with van der Waals surface area (Å²) in [6.07, 6.45) is 0. The average molecular weight is 175 g/mol. The van der Waals surface area contributed by atoms with Crippen LogP contribution >= 0.6 is 10.5 Å². The summed E-state index contributed by atoms with van der Waals surface area (Å²) in [4.78, 5) is 0. The maximum Gasteiger partial charge on any atom is 0 e. The molecule has 0 spiro atoms. The molecule has 0 aromatic carbocycles. The van der Waals surface area contributed by atoms with E-state index in [0.717, 1.165) is 0 Å². The van der Waals surface area contributed by atoms with Gasteiger partial charge in [-0.3, -0.25) is 0 Å². The van der Waals surface area contributed by atoms with Crippen LogP contribution in [0.25, 0.3) is 0 Å². The number of hydrogen-bond acceptors (Lipinski definition) is 1. The van der Waals surface area contributed by atoms with Gasteiger partial charge in [0.25, 0.3) is 0 Å². The third-order valence-electron chi connectivity index (χ3n) is 0. The van der Waals surface area contributed by atoms with Gasteiger partial charge in [-0.15, -0.1) is 0 Å². The van der Waals surface area contributed by atoms with Crippen LogP contribution in [-0.4, -0.2) is 14.6 Å². The Labute approximate surface area is 58.4 Å². The van der Waals surface area contributed by atoms with Crippen molar-refractivity contribution in [2.45, 2.75) is 0 Å². The molecule has 0 N–H and O–H groups in total. The zero-order valence-corrected chi connectivity index (χ0v) is 6.11. The molecule has 0 amide bonds. The fourth-order valence-electron chi connectivity index (χ4n) is 0. The van der Waals surface area contributed by atoms with Crippen LogP contribution in [0.1, 0.15) is 0 Å². The van der Waals surface area contributed by atoms with Gasteiger partial charge in [0.1, 0.15) is 0 Å². The molecule has 0 unspecified atom stereocenters. The predicted octanol–water partition coefficient (Wildman–Crippen LogP) is -0.00530. The van der Waals surface area contributed by atoms with Crippen molar-refractivity contribution >= 4 is 25.1 Å². The normalized spacial score (nSPS) is 0.750. The van der Waals surface area contributed by atoms with E-state index in [0.29, 0.717) is 0 Å². The second-order valence-corrected chi connectivity index (χ2v) is 0. The van der Waals surface area contributed by atoms with Gasteiger partial charge in [0.05, 0.1) is 0 Å². The molecule has 0 aromatic rings. The second kappa shape index (κ2) is 21.7. The fraction of sp³-hybridized carbons (Fsp3) is 0. The molecule has 0 aliphatic rings. The largest absolute Gasteiger partial charge is 0 e. The van der Waals surface area contributed by atoms with Crippen molar-refractivity contribution in [2.75, 3.05) is 0 Å². The van der Waals surface area contributed by atoms with Gasteiger partial charge in [0, 0.05) is 33.6 Å². The van der Waals surface area contributed by atoms with Gasteiger partial charge < -0.3 is 0 Å². The first kappa shape index (κ1) is 17.1. The summed E-state index contributed by atoms with van der Waals surface area (Å²) in [5.74, 6) is 0. The molecule has 0 saturated carbocycles. The van der Waals surface area contributed by atoms with E-state index in [4.69, 9.17) is 0 Å². The molecule has 28 valence electrons. The van der Waals surface area contributed by atoms with Crippen LogP contribution in [0.5, 0.6) is 0 Å². The van der Waals surface area contributed by atoms with E-state index in [1.807, 2.05) is 0 Å². The molecule has 0 aromatic heterocycles. The van der Waals surface area contributed by atoms with Gasteiger partial charge in [-0.25, -0.2) is 0 Å². The molecular weight excluding hydrogens is 174 g/mol. The van der Waals surface area contributed by atoms with Crippen molar-refractivity contribution < 1.29 is 33.6 Å². The minimum atomic E-state index is 0. The minimum absolute atomic E-state index is 0. The maximum atomic E-state index is 4.11. The molecule has 0 bridgehead atoms. The fourth-order valence-corrected chi connectivity index (χ4v) is 0. The van der Waals surface area contributed by atoms with Crippen LogP contribution in [0, 0.1) is 0 Å². The average Bonchev–Trinajstić information content (AvgIpc) is 1.00. The Hall–Kier alpha value is 1.77. The van der Waals surface area contributed by atoms with E-state index in [9.17, 15) is 0 Å². The zero-order valence-electron chi connectivity index (χ0n) is 1.79. The first-order valence-electron chi connectivity index (χ1n) is 0.289. The Kier molecular flexibility index (Phi) is 92.8. The van der Waals surface area contributed by atoms with Crippen molar-refractivity contribution in [2.24, 2.45) is 0 Å². The summed E-state index contributed by atoms with van der Waals surface area (Å²) in [5.41, 5.74) is 0. The smallest absolute Gasteiger partial charge is 0 e. The summed E-state index contributed by atoms with van der Waals surface area (Å²) >= 11 is 1.44. The Morgan fingerprint density at radius 2 is 1.25 bits per heavy atom. The Morgan fingerprint density at radius 1 is 1.25 bits per heavy atom. The minimum Gasteiger partial charge on any atom is 0 e. The van der Waals surface area contributed by atoms with Crippen molar-refractivity contribution in [3.63, 3.8) is 0 Å². The molecule has 0 radical (unpaired) electrons. The van der Waals surface area contributed by atoms with Gasteiger partial charge in [0.15, 0.2) is 0 Å². The molecule has 4 heavy (non-hydrogen) atoms. The molecule has 0 aliphatic carbocycles. The van der Waals surface area contributed by atoms with E-state index < -0.39 is 0 Å². The van der Waals surface area contributed by atoms with Crippen LogP contribution in [-0.2, 0) is 33.6 Å². The summed E-state index contributed by atoms with van der Waals surface area (Å²) < 4.78 is 0. The topological polar surface area (TPSA) is 0 Å². The van der Waals surface area contributed by atoms with Crippen LogP contribution in [0.3, 0.4) is 0 Å². The predicted molar refractivity (Wildman–Crippen MR) is 14.7 cm³/mol. The van der Waals surface area contributed by atoms with E-state index in [1.54, 1.807) is 0 Å². The van der Waals surface area contributed by atoms with Crippen molar-refractivity contribution in [3.8, 4) is 0 Å². The molecule has 0 rings (SSSR count). The Morgan fingerprint density at radius 3 is 1.25 bits per heavy atom. The molecule has 0 fully saturated rings. The first-order valence-corrected chi connectivity index (χ1v) is 2.60. The molecule has 4 heteroatoms. The van der Waals surface area contributed by atoms with E-state index in [1.165, 1.54) is 14.6 Å². The monoisotopic (exact) mass is 174 g/mol. The standard InChI is InChI=1S/Al.Fe.Ni.S.H. The Balaban J connectivity index is -0.00000000500. The van der Waals surface area contributed by atoms with Gasteiger partial charge >= 0.3 is 25.1 Å².